The van der Waals surface area contributed by atoms with Gasteiger partial charge in [0.15, 0.2) is 0 Å². The number of nitrogens with zero attached hydrogens (tertiary/aromatic N) is 2. The minimum atomic E-state index is 0.728. The lowest BCUT2D eigenvalue weighted by Gasteiger charge is -2.52. The Morgan fingerprint density at radius 3 is 2.58 bits per heavy atom. The highest BCUT2D eigenvalue weighted by atomic mass is 15.3. The van der Waals surface area contributed by atoms with E-state index in [1.165, 1.54) is 64.6 Å². The molecule has 0 radical (unpaired) electrons. The fourth-order valence-corrected chi connectivity index (χ4v) is 4.68. The van der Waals surface area contributed by atoms with Crippen molar-refractivity contribution in [2.24, 2.45) is 0 Å². The Hall–Kier alpha value is -0.120. The van der Waals surface area contributed by atoms with Crippen molar-refractivity contribution in [2.45, 2.75) is 76.0 Å². The van der Waals surface area contributed by atoms with Crippen LogP contribution in [0.1, 0.15) is 51.9 Å². The van der Waals surface area contributed by atoms with Gasteiger partial charge in [0.1, 0.15) is 0 Å². The Bertz CT molecular complexity index is 294. The van der Waals surface area contributed by atoms with E-state index in [1.54, 1.807) is 0 Å². The summed E-state index contributed by atoms with van der Waals surface area (Å²) in [5.41, 5.74) is 0. The zero-order valence-corrected chi connectivity index (χ0v) is 12.8. The molecule has 3 aliphatic rings. The van der Waals surface area contributed by atoms with Gasteiger partial charge in [-0.1, -0.05) is 19.3 Å². The van der Waals surface area contributed by atoms with E-state index in [0.717, 1.165) is 24.2 Å². The second-order valence-corrected chi connectivity index (χ2v) is 6.94. The van der Waals surface area contributed by atoms with E-state index in [2.05, 4.69) is 29.1 Å². The van der Waals surface area contributed by atoms with Gasteiger partial charge in [-0.15, -0.1) is 0 Å². The summed E-state index contributed by atoms with van der Waals surface area (Å²) in [7, 11) is 2.16. The maximum atomic E-state index is 3.59. The Labute approximate surface area is 118 Å². The van der Waals surface area contributed by atoms with Gasteiger partial charge in [-0.2, -0.15) is 0 Å². The van der Waals surface area contributed by atoms with Crippen molar-refractivity contribution in [1.29, 1.82) is 0 Å². The van der Waals surface area contributed by atoms with Gasteiger partial charge in [0.2, 0.25) is 0 Å². The summed E-state index contributed by atoms with van der Waals surface area (Å²) in [6, 6.07) is 3.11. The van der Waals surface area contributed by atoms with Gasteiger partial charge < -0.3 is 5.32 Å². The van der Waals surface area contributed by atoms with Crippen LogP contribution >= 0.6 is 0 Å². The molecule has 2 aliphatic heterocycles. The predicted octanol–water partition coefficient (Wildman–Crippen LogP) is 2.08. The normalized spacial score (nSPS) is 42.0. The van der Waals surface area contributed by atoms with Crippen molar-refractivity contribution in [3.8, 4) is 0 Å². The van der Waals surface area contributed by atoms with Crippen LogP contribution < -0.4 is 5.32 Å². The number of piperidine rings is 1. The zero-order valence-electron chi connectivity index (χ0n) is 12.8. The molecule has 2 heterocycles. The van der Waals surface area contributed by atoms with Crippen LogP contribution in [0.2, 0.25) is 0 Å². The molecule has 19 heavy (non-hydrogen) atoms. The first-order valence-corrected chi connectivity index (χ1v) is 8.46. The lowest BCUT2D eigenvalue weighted by atomic mass is 9.86. The molecule has 1 saturated carbocycles. The largest absolute Gasteiger partial charge is 0.315 e. The average Bonchev–Trinajstić information content (AvgIpc) is 2.46. The summed E-state index contributed by atoms with van der Waals surface area (Å²) in [5, 5.41) is 3.59. The molecule has 0 amide bonds. The van der Waals surface area contributed by atoms with Gasteiger partial charge >= 0.3 is 0 Å². The monoisotopic (exact) mass is 265 g/mol. The van der Waals surface area contributed by atoms with Crippen molar-refractivity contribution in [3.63, 3.8) is 0 Å². The van der Waals surface area contributed by atoms with Gasteiger partial charge in [0.05, 0.1) is 0 Å². The van der Waals surface area contributed by atoms with E-state index in [-0.39, 0.29) is 0 Å². The standard InChI is InChI=1S/C16H31N3/c1-13-11-18-10-6-5-7-14(18)12-19(13)16-9-4-3-8-15(16)17-2/h13-17H,3-12H2,1-2H3. The number of fused-ring (bicyclic) bond motifs is 1. The third kappa shape index (κ3) is 2.84. The van der Waals surface area contributed by atoms with Crippen molar-refractivity contribution in [2.75, 3.05) is 26.7 Å². The minimum absolute atomic E-state index is 0.728. The molecule has 1 aliphatic carbocycles. The van der Waals surface area contributed by atoms with Gasteiger partial charge in [0.25, 0.3) is 0 Å². The zero-order chi connectivity index (χ0) is 13.2. The number of hydrogen-bond donors (Lipinski definition) is 1. The first-order chi connectivity index (χ1) is 9.29. The van der Waals surface area contributed by atoms with E-state index >= 15 is 0 Å². The smallest absolute Gasteiger partial charge is 0.0253 e. The van der Waals surface area contributed by atoms with Crippen LogP contribution in [-0.4, -0.2) is 60.6 Å². The van der Waals surface area contributed by atoms with Crippen molar-refractivity contribution in [1.82, 2.24) is 15.1 Å². The minimum Gasteiger partial charge on any atom is -0.315 e. The number of nitrogens with one attached hydrogen (secondary N) is 1. The Kier molecular flexibility index (Phi) is 4.45. The summed E-state index contributed by atoms with van der Waals surface area (Å²) in [5.74, 6) is 0. The first-order valence-electron chi connectivity index (χ1n) is 8.46. The van der Waals surface area contributed by atoms with E-state index in [4.69, 9.17) is 0 Å². The molecule has 3 fully saturated rings. The molecule has 4 unspecified atom stereocenters. The lowest BCUT2D eigenvalue weighted by Crippen LogP contribution is -2.64. The molecule has 3 heteroatoms. The molecule has 1 N–H and O–H groups in total. The topological polar surface area (TPSA) is 18.5 Å². The Balaban J connectivity index is 1.68. The predicted molar refractivity (Wildman–Crippen MR) is 80.5 cm³/mol. The molecule has 0 aromatic carbocycles. The molecule has 0 bridgehead atoms. The van der Waals surface area contributed by atoms with Crippen LogP contribution in [0.5, 0.6) is 0 Å². The van der Waals surface area contributed by atoms with Crippen LogP contribution in [0.3, 0.4) is 0 Å². The molecule has 110 valence electrons. The quantitative estimate of drug-likeness (QED) is 0.825. The lowest BCUT2D eigenvalue weighted by molar-refractivity contribution is -0.0236. The van der Waals surface area contributed by atoms with E-state index in [9.17, 15) is 0 Å². The molecular weight excluding hydrogens is 234 g/mol. The molecule has 3 rings (SSSR count). The molecule has 2 saturated heterocycles. The summed E-state index contributed by atoms with van der Waals surface area (Å²) < 4.78 is 0. The fraction of sp³-hybridized carbons (Fsp3) is 1.00. The van der Waals surface area contributed by atoms with Crippen molar-refractivity contribution < 1.29 is 0 Å². The SMILES string of the molecule is CNC1CCCCC1N1CC2CCCCN2CC1C. The van der Waals surface area contributed by atoms with Crippen LogP contribution in [-0.2, 0) is 0 Å². The van der Waals surface area contributed by atoms with Gasteiger partial charge in [-0.05, 0) is 46.2 Å². The number of piperazine rings is 1. The third-order valence-corrected chi connectivity index (χ3v) is 5.76. The highest BCUT2D eigenvalue weighted by Gasteiger charge is 2.38. The first kappa shape index (κ1) is 13.8. The highest BCUT2D eigenvalue weighted by molar-refractivity contribution is 4.96. The van der Waals surface area contributed by atoms with Crippen LogP contribution in [0, 0.1) is 0 Å². The second-order valence-electron chi connectivity index (χ2n) is 6.94. The van der Waals surface area contributed by atoms with Gasteiger partial charge in [-0.3, -0.25) is 9.80 Å². The Morgan fingerprint density at radius 2 is 1.74 bits per heavy atom. The van der Waals surface area contributed by atoms with E-state index in [1.807, 2.05) is 0 Å². The number of likely N-dealkylation sites (N-methyl/N-ethyl adjacent to an activating group) is 1. The second kappa shape index (κ2) is 6.11. The van der Waals surface area contributed by atoms with E-state index < -0.39 is 0 Å². The van der Waals surface area contributed by atoms with Crippen molar-refractivity contribution in [3.05, 3.63) is 0 Å². The summed E-state index contributed by atoms with van der Waals surface area (Å²) >= 11 is 0. The summed E-state index contributed by atoms with van der Waals surface area (Å²) in [6.45, 7) is 6.43. The third-order valence-electron chi connectivity index (χ3n) is 5.76. The van der Waals surface area contributed by atoms with Crippen LogP contribution in [0.4, 0.5) is 0 Å². The maximum Gasteiger partial charge on any atom is 0.0253 e. The van der Waals surface area contributed by atoms with Gasteiger partial charge in [0, 0.05) is 37.3 Å². The molecule has 0 spiro atoms. The maximum absolute atomic E-state index is 3.59. The molecule has 3 nitrogen and oxygen atoms in total. The van der Waals surface area contributed by atoms with Crippen LogP contribution in [0.15, 0.2) is 0 Å². The molecular formula is C16H31N3. The van der Waals surface area contributed by atoms with Gasteiger partial charge in [-0.25, -0.2) is 0 Å². The van der Waals surface area contributed by atoms with E-state index in [0.29, 0.717) is 0 Å². The van der Waals surface area contributed by atoms with Crippen molar-refractivity contribution >= 4 is 0 Å². The fourth-order valence-electron chi connectivity index (χ4n) is 4.68. The number of rotatable bonds is 2. The molecule has 4 atom stereocenters. The molecule has 0 aromatic rings. The average molecular weight is 265 g/mol. The highest BCUT2D eigenvalue weighted by Crippen LogP contribution is 2.30. The van der Waals surface area contributed by atoms with Crippen LogP contribution in [0.25, 0.3) is 0 Å². The summed E-state index contributed by atoms with van der Waals surface area (Å²) in [4.78, 5) is 5.62. The number of hydrogen-bond acceptors (Lipinski definition) is 3. The molecule has 0 aromatic heterocycles. The Morgan fingerprint density at radius 1 is 0.947 bits per heavy atom. The summed E-state index contributed by atoms with van der Waals surface area (Å²) in [6.07, 6.45) is 9.93.